The highest BCUT2D eigenvalue weighted by Gasteiger charge is 2.35. The molecule has 5 nitrogen and oxygen atoms in total. The van der Waals surface area contributed by atoms with Gasteiger partial charge in [0.1, 0.15) is 5.75 Å². The Morgan fingerprint density at radius 2 is 1.80 bits per heavy atom. The van der Waals surface area contributed by atoms with E-state index in [1.807, 2.05) is 56.3 Å². The minimum absolute atomic E-state index is 0.0213. The average molecular weight is 338 g/mol. The Bertz CT molecular complexity index is 741. The molecule has 1 atom stereocenters. The standard InChI is InChI=1S/C20H22N2O3/c1-14(2)25-18-10-8-16(9-11-18)21-20(24)15-12-19(23)22(13-15)17-6-4-3-5-7-17/h3-11,14-15H,12-13H2,1-2H3,(H,21,24)/t15-/m0/s1. The zero-order valence-corrected chi connectivity index (χ0v) is 14.4. The van der Waals surface area contributed by atoms with E-state index in [0.717, 1.165) is 11.4 Å². The molecule has 2 aromatic carbocycles. The number of ether oxygens (including phenoxy) is 1. The minimum Gasteiger partial charge on any atom is -0.491 e. The maximum absolute atomic E-state index is 12.5. The van der Waals surface area contributed by atoms with Crippen molar-refractivity contribution in [1.82, 2.24) is 0 Å². The van der Waals surface area contributed by atoms with Crippen LogP contribution in [0.4, 0.5) is 11.4 Å². The molecule has 2 aromatic rings. The molecule has 0 unspecified atom stereocenters. The number of para-hydroxylation sites is 1. The monoisotopic (exact) mass is 338 g/mol. The topological polar surface area (TPSA) is 58.6 Å². The van der Waals surface area contributed by atoms with Crippen LogP contribution in [0.15, 0.2) is 54.6 Å². The largest absolute Gasteiger partial charge is 0.491 e. The van der Waals surface area contributed by atoms with Crippen LogP contribution in [0.5, 0.6) is 5.75 Å². The van der Waals surface area contributed by atoms with Crippen molar-refractivity contribution in [2.45, 2.75) is 26.4 Å². The van der Waals surface area contributed by atoms with Gasteiger partial charge in [-0.05, 0) is 50.2 Å². The predicted octanol–water partition coefficient (Wildman–Crippen LogP) is 3.47. The molecule has 0 radical (unpaired) electrons. The molecule has 1 aliphatic rings. The minimum atomic E-state index is -0.348. The van der Waals surface area contributed by atoms with Crippen molar-refractivity contribution < 1.29 is 14.3 Å². The van der Waals surface area contributed by atoms with Crippen LogP contribution < -0.4 is 15.0 Å². The van der Waals surface area contributed by atoms with Crippen LogP contribution in [-0.2, 0) is 9.59 Å². The van der Waals surface area contributed by atoms with Gasteiger partial charge in [-0.25, -0.2) is 0 Å². The highest BCUT2D eigenvalue weighted by molar-refractivity contribution is 6.03. The Hall–Kier alpha value is -2.82. The number of carbonyl (C=O) groups is 2. The smallest absolute Gasteiger partial charge is 0.229 e. The summed E-state index contributed by atoms with van der Waals surface area (Å²) >= 11 is 0. The van der Waals surface area contributed by atoms with Crippen LogP contribution in [0.3, 0.4) is 0 Å². The van der Waals surface area contributed by atoms with Gasteiger partial charge in [-0.1, -0.05) is 18.2 Å². The molecule has 0 spiro atoms. The van der Waals surface area contributed by atoms with Gasteiger partial charge in [-0.15, -0.1) is 0 Å². The van der Waals surface area contributed by atoms with Crippen molar-refractivity contribution in [3.05, 3.63) is 54.6 Å². The lowest BCUT2D eigenvalue weighted by atomic mass is 10.1. The predicted molar refractivity (Wildman–Crippen MR) is 97.7 cm³/mol. The molecule has 0 bridgehead atoms. The number of nitrogens with one attached hydrogen (secondary N) is 1. The quantitative estimate of drug-likeness (QED) is 0.908. The average Bonchev–Trinajstić information content (AvgIpc) is 2.99. The van der Waals surface area contributed by atoms with Crippen molar-refractivity contribution in [3.63, 3.8) is 0 Å². The van der Waals surface area contributed by atoms with E-state index in [4.69, 9.17) is 4.74 Å². The first-order chi connectivity index (χ1) is 12.0. The number of hydrogen-bond donors (Lipinski definition) is 1. The Kier molecular flexibility index (Phi) is 5.03. The summed E-state index contributed by atoms with van der Waals surface area (Å²) in [4.78, 5) is 26.4. The van der Waals surface area contributed by atoms with Gasteiger partial charge in [-0.2, -0.15) is 0 Å². The van der Waals surface area contributed by atoms with Gasteiger partial charge in [0.05, 0.1) is 12.0 Å². The van der Waals surface area contributed by atoms with Crippen molar-refractivity contribution in [2.24, 2.45) is 5.92 Å². The second-order valence-corrected chi connectivity index (χ2v) is 6.42. The van der Waals surface area contributed by atoms with Crippen LogP contribution in [0.25, 0.3) is 0 Å². The van der Waals surface area contributed by atoms with Gasteiger partial charge in [0.25, 0.3) is 0 Å². The zero-order chi connectivity index (χ0) is 17.8. The van der Waals surface area contributed by atoms with Gasteiger partial charge in [0.15, 0.2) is 0 Å². The number of amides is 2. The third-order valence-electron chi connectivity index (χ3n) is 4.06. The maximum Gasteiger partial charge on any atom is 0.229 e. The SMILES string of the molecule is CC(C)Oc1ccc(NC(=O)[C@H]2CC(=O)N(c3ccccc3)C2)cc1. The molecule has 5 heteroatoms. The van der Waals surface area contributed by atoms with Crippen LogP contribution in [0, 0.1) is 5.92 Å². The molecule has 0 aliphatic carbocycles. The van der Waals surface area contributed by atoms with E-state index in [9.17, 15) is 9.59 Å². The highest BCUT2D eigenvalue weighted by Crippen LogP contribution is 2.26. The van der Waals surface area contributed by atoms with Gasteiger partial charge in [0.2, 0.25) is 11.8 Å². The first-order valence-electron chi connectivity index (χ1n) is 8.46. The van der Waals surface area contributed by atoms with Gasteiger partial charge in [0, 0.05) is 24.3 Å². The van der Waals surface area contributed by atoms with Crippen molar-refractivity contribution in [3.8, 4) is 5.75 Å². The maximum atomic E-state index is 12.5. The van der Waals surface area contributed by atoms with Gasteiger partial charge >= 0.3 is 0 Å². The number of rotatable bonds is 5. The lowest BCUT2D eigenvalue weighted by molar-refractivity contribution is -0.122. The number of anilines is 2. The summed E-state index contributed by atoms with van der Waals surface area (Å²) in [6, 6.07) is 16.7. The van der Waals surface area contributed by atoms with E-state index in [0.29, 0.717) is 12.2 Å². The molecule has 0 aromatic heterocycles. The summed E-state index contributed by atoms with van der Waals surface area (Å²) in [5, 5.41) is 2.88. The number of benzene rings is 2. The summed E-state index contributed by atoms with van der Waals surface area (Å²) < 4.78 is 5.59. The van der Waals surface area contributed by atoms with E-state index in [2.05, 4.69) is 5.32 Å². The first-order valence-corrected chi connectivity index (χ1v) is 8.46. The molecule has 2 amide bonds. The summed E-state index contributed by atoms with van der Waals surface area (Å²) in [6.07, 6.45) is 0.337. The van der Waals surface area contributed by atoms with E-state index in [1.165, 1.54) is 0 Å². The fourth-order valence-corrected chi connectivity index (χ4v) is 2.87. The molecule has 1 fully saturated rings. The van der Waals surface area contributed by atoms with Crippen LogP contribution in [0.2, 0.25) is 0 Å². The first kappa shape index (κ1) is 17.0. The second-order valence-electron chi connectivity index (χ2n) is 6.42. The van der Waals surface area contributed by atoms with Crippen molar-refractivity contribution >= 4 is 23.2 Å². The molecule has 1 heterocycles. The lowest BCUT2D eigenvalue weighted by Gasteiger charge is -2.16. The van der Waals surface area contributed by atoms with E-state index in [1.54, 1.807) is 17.0 Å². The Morgan fingerprint density at radius 1 is 1.12 bits per heavy atom. The second kappa shape index (κ2) is 7.38. The third kappa shape index (κ3) is 4.18. The van der Waals surface area contributed by atoms with Gasteiger partial charge in [-0.3, -0.25) is 9.59 Å². The summed E-state index contributed by atoms with van der Waals surface area (Å²) in [5.74, 6) is 0.259. The fourth-order valence-electron chi connectivity index (χ4n) is 2.87. The highest BCUT2D eigenvalue weighted by atomic mass is 16.5. The summed E-state index contributed by atoms with van der Waals surface area (Å²) in [5.41, 5.74) is 1.53. The normalized spacial score (nSPS) is 17.0. The summed E-state index contributed by atoms with van der Waals surface area (Å²) in [7, 11) is 0. The Labute approximate surface area is 147 Å². The lowest BCUT2D eigenvalue weighted by Crippen LogP contribution is -2.28. The summed E-state index contributed by atoms with van der Waals surface area (Å²) in [6.45, 7) is 4.33. The number of nitrogens with zero attached hydrogens (tertiary/aromatic N) is 1. The van der Waals surface area contributed by atoms with E-state index in [-0.39, 0.29) is 30.3 Å². The van der Waals surface area contributed by atoms with Crippen molar-refractivity contribution in [1.29, 1.82) is 0 Å². The number of carbonyl (C=O) groups excluding carboxylic acids is 2. The fraction of sp³-hybridized carbons (Fsp3) is 0.300. The van der Waals surface area contributed by atoms with Crippen LogP contribution in [0.1, 0.15) is 20.3 Å². The third-order valence-corrected chi connectivity index (χ3v) is 4.06. The number of hydrogen-bond acceptors (Lipinski definition) is 3. The molecule has 25 heavy (non-hydrogen) atoms. The van der Waals surface area contributed by atoms with Gasteiger partial charge < -0.3 is 15.0 Å². The molecule has 1 N–H and O–H groups in total. The van der Waals surface area contributed by atoms with Crippen molar-refractivity contribution in [2.75, 3.05) is 16.8 Å². The Morgan fingerprint density at radius 3 is 2.44 bits per heavy atom. The molecule has 3 rings (SSSR count). The Balaban J connectivity index is 1.61. The molecule has 1 aliphatic heterocycles. The molecular weight excluding hydrogens is 316 g/mol. The van der Waals surface area contributed by atoms with E-state index >= 15 is 0 Å². The van der Waals surface area contributed by atoms with E-state index < -0.39 is 0 Å². The molecule has 1 saturated heterocycles. The molecule has 0 saturated carbocycles. The molecular formula is C20H22N2O3. The molecule has 130 valence electrons. The zero-order valence-electron chi connectivity index (χ0n) is 14.4. The van der Waals surface area contributed by atoms with Crippen LogP contribution >= 0.6 is 0 Å². The van der Waals surface area contributed by atoms with Crippen LogP contribution in [-0.4, -0.2) is 24.5 Å².